The molecule has 1 heterocycles. The minimum absolute atomic E-state index is 0.102. The Morgan fingerprint density at radius 1 is 1.18 bits per heavy atom. The topological polar surface area (TPSA) is 79.0 Å². The van der Waals surface area contributed by atoms with Crippen molar-refractivity contribution in [2.24, 2.45) is 0 Å². The highest BCUT2D eigenvalue weighted by atomic mass is 32.2. The predicted octanol–water partition coefficient (Wildman–Crippen LogP) is 4.50. The van der Waals surface area contributed by atoms with E-state index in [1.807, 2.05) is 6.92 Å². The molecule has 0 atom stereocenters. The summed E-state index contributed by atoms with van der Waals surface area (Å²) in [4.78, 5) is 15.8. The van der Waals surface area contributed by atoms with Crippen molar-refractivity contribution in [1.82, 2.24) is 4.98 Å². The number of aryl methyl sites for hydroxylation is 3. The molecule has 0 saturated carbocycles. The molecule has 0 bridgehead atoms. The molecule has 0 amide bonds. The molecule has 0 radical (unpaired) electrons. The average Bonchev–Trinajstić information content (AvgIpc) is 3.01. The lowest BCUT2D eigenvalue weighted by molar-refractivity contribution is 0.0974. The molecule has 2 aromatic carbocycles. The highest BCUT2D eigenvalue weighted by molar-refractivity contribution is 7.92. The van der Waals surface area contributed by atoms with Crippen molar-refractivity contribution in [2.45, 2.75) is 44.4 Å². The van der Waals surface area contributed by atoms with Gasteiger partial charge in [-0.2, -0.15) is 0 Å². The second-order valence-electron chi connectivity index (χ2n) is 7.18. The number of hydrogen-bond donors (Lipinski definition) is 2. The Labute approximate surface area is 163 Å². The van der Waals surface area contributed by atoms with Crippen LogP contribution in [0, 0.1) is 12.7 Å². The molecule has 4 rings (SSSR count). The first-order valence-electron chi connectivity index (χ1n) is 9.30. The van der Waals surface area contributed by atoms with Crippen LogP contribution in [-0.2, 0) is 22.9 Å². The lowest BCUT2D eigenvalue weighted by Crippen LogP contribution is -2.16. The summed E-state index contributed by atoms with van der Waals surface area (Å²) in [5.74, 6) is -0.317. The number of halogens is 1. The Morgan fingerprint density at radius 3 is 2.68 bits per heavy atom. The van der Waals surface area contributed by atoms with Gasteiger partial charge in [0.1, 0.15) is 5.82 Å². The van der Waals surface area contributed by atoms with Crippen LogP contribution in [-0.4, -0.2) is 19.2 Å². The Bertz CT molecular complexity index is 1210. The highest BCUT2D eigenvalue weighted by Gasteiger charge is 2.26. The van der Waals surface area contributed by atoms with Gasteiger partial charge in [-0.25, -0.2) is 12.8 Å². The fourth-order valence-electron chi connectivity index (χ4n) is 3.85. The summed E-state index contributed by atoms with van der Waals surface area (Å²) in [6.07, 6.45) is 2.61. The van der Waals surface area contributed by atoms with Gasteiger partial charge < -0.3 is 4.98 Å². The normalized spacial score (nSPS) is 14.3. The van der Waals surface area contributed by atoms with Crippen LogP contribution in [0.3, 0.4) is 0 Å². The fraction of sp³-hybridized carbons (Fsp3) is 0.286. The fourth-order valence-corrected chi connectivity index (χ4v) is 5.30. The van der Waals surface area contributed by atoms with Gasteiger partial charge in [-0.15, -0.1) is 0 Å². The molecule has 146 valence electrons. The number of ketones is 1. The lowest BCUT2D eigenvalue weighted by Gasteiger charge is -2.14. The van der Waals surface area contributed by atoms with Crippen molar-refractivity contribution in [3.05, 3.63) is 58.5 Å². The zero-order chi connectivity index (χ0) is 20.1. The van der Waals surface area contributed by atoms with Crippen LogP contribution in [0.25, 0.3) is 10.9 Å². The Morgan fingerprint density at radius 2 is 1.96 bits per heavy atom. The van der Waals surface area contributed by atoms with Gasteiger partial charge in [-0.3, -0.25) is 9.52 Å². The maximum absolute atomic E-state index is 13.3. The molecule has 0 saturated heterocycles. The van der Waals surface area contributed by atoms with Gasteiger partial charge in [-0.1, -0.05) is 6.92 Å². The van der Waals surface area contributed by atoms with Crippen molar-refractivity contribution in [3.63, 3.8) is 0 Å². The molecule has 1 aliphatic carbocycles. The summed E-state index contributed by atoms with van der Waals surface area (Å²) in [6.45, 7) is 3.53. The van der Waals surface area contributed by atoms with Crippen LogP contribution in [0.1, 0.15) is 46.9 Å². The van der Waals surface area contributed by atoms with Crippen LogP contribution < -0.4 is 4.72 Å². The van der Waals surface area contributed by atoms with Crippen LogP contribution in [0.2, 0.25) is 0 Å². The maximum Gasteiger partial charge on any atom is 0.262 e. The summed E-state index contributed by atoms with van der Waals surface area (Å²) < 4.78 is 42.1. The van der Waals surface area contributed by atoms with E-state index in [0.717, 1.165) is 23.9 Å². The number of rotatable bonds is 4. The number of hydrogen-bond acceptors (Lipinski definition) is 3. The summed E-state index contributed by atoms with van der Waals surface area (Å²) in [5, 5.41) is 0.786. The number of sulfonamides is 1. The van der Waals surface area contributed by atoms with E-state index in [9.17, 15) is 17.6 Å². The first-order valence-corrected chi connectivity index (χ1v) is 10.8. The van der Waals surface area contributed by atoms with Gasteiger partial charge in [0.05, 0.1) is 10.6 Å². The molecule has 5 nitrogen and oxygen atoms in total. The predicted molar refractivity (Wildman–Crippen MR) is 107 cm³/mol. The quantitative estimate of drug-likeness (QED) is 0.677. The van der Waals surface area contributed by atoms with Crippen molar-refractivity contribution < 1.29 is 17.6 Å². The van der Waals surface area contributed by atoms with Gasteiger partial charge >= 0.3 is 0 Å². The van der Waals surface area contributed by atoms with Gasteiger partial charge in [0.15, 0.2) is 5.78 Å². The minimum Gasteiger partial charge on any atom is -0.358 e. The summed E-state index contributed by atoms with van der Waals surface area (Å²) in [7, 11) is -3.88. The average molecular weight is 400 g/mol. The van der Waals surface area contributed by atoms with E-state index >= 15 is 0 Å². The molecular formula is C21H21FN2O3S. The van der Waals surface area contributed by atoms with Crippen molar-refractivity contribution >= 4 is 32.4 Å². The molecule has 3 aromatic rings. The third kappa shape index (κ3) is 3.09. The molecule has 0 fully saturated rings. The van der Waals surface area contributed by atoms with Gasteiger partial charge in [0.2, 0.25) is 0 Å². The number of nitrogens with one attached hydrogen (secondary N) is 2. The maximum atomic E-state index is 13.3. The third-order valence-corrected chi connectivity index (χ3v) is 6.72. The molecule has 0 unspecified atom stereocenters. The Hall–Kier alpha value is -2.67. The van der Waals surface area contributed by atoms with Crippen LogP contribution in [0.15, 0.2) is 35.2 Å². The molecule has 7 heteroatoms. The molecule has 2 N–H and O–H groups in total. The first-order chi connectivity index (χ1) is 13.3. The molecule has 1 aliphatic rings. The largest absolute Gasteiger partial charge is 0.358 e. The highest BCUT2D eigenvalue weighted by Crippen LogP contribution is 2.33. The Kier molecular flexibility index (Phi) is 4.50. The monoisotopic (exact) mass is 400 g/mol. The van der Waals surface area contributed by atoms with Crippen LogP contribution in [0.5, 0.6) is 0 Å². The standard InChI is InChI=1S/C21H21FN2O3S/c1-3-13-10-15-18(23-17-5-4-6-19(25)21(15)17)11-20(13)28(26,27)24-16-8-7-14(22)9-12(16)2/h7-11,23-24H,3-6H2,1-2H3. The van der Waals surface area contributed by atoms with E-state index < -0.39 is 15.8 Å². The molecular weight excluding hydrogens is 379 g/mol. The number of aromatic nitrogens is 1. The van der Waals surface area contributed by atoms with Crippen LogP contribution >= 0.6 is 0 Å². The Balaban J connectivity index is 1.84. The molecule has 0 aliphatic heterocycles. The lowest BCUT2D eigenvalue weighted by atomic mass is 9.94. The van der Waals surface area contributed by atoms with E-state index in [4.69, 9.17) is 0 Å². The number of benzene rings is 2. The van der Waals surface area contributed by atoms with Gasteiger partial charge in [0.25, 0.3) is 10.0 Å². The zero-order valence-electron chi connectivity index (χ0n) is 15.7. The number of Topliss-reactive ketones (excluding diaryl/α,β-unsaturated/α-hetero) is 1. The van der Waals surface area contributed by atoms with Crippen molar-refractivity contribution in [3.8, 4) is 0 Å². The number of H-pyrrole nitrogens is 1. The third-order valence-electron chi connectivity index (χ3n) is 5.27. The minimum atomic E-state index is -3.88. The molecule has 0 spiro atoms. The van der Waals surface area contributed by atoms with E-state index in [-0.39, 0.29) is 10.7 Å². The van der Waals surface area contributed by atoms with Gasteiger partial charge in [-0.05, 0) is 67.6 Å². The summed E-state index contributed by atoms with van der Waals surface area (Å²) >= 11 is 0. The first kappa shape index (κ1) is 18.7. The molecule has 1 aromatic heterocycles. The summed E-state index contributed by atoms with van der Waals surface area (Å²) in [6, 6.07) is 7.32. The van der Waals surface area contributed by atoms with E-state index in [1.54, 1.807) is 19.1 Å². The van der Waals surface area contributed by atoms with Crippen LogP contribution in [0.4, 0.5) is 10.1 Å². The van der Waals surface area contributed by atoms with Gasteiger partial charge in [0, 0.05) is 28.6 Å². The smallest absolute Gasteiger partial charge is 0.262 e. The van der Waals surface area contributed by atoms with Crippen molar-refractivity contribution in [2.75, 3.05) is 4.72 Å². The number of carbonyl (C=O) groups is 1. The van der Waals surface area contributed by atoms with E-state index in [0.29, 0.717) is 40.7 Å². The summed E-state index contributed by atoms with van der Waals surface area (Å²) in [5.41, 5.74) is 3.70. The second kappa shape index (κ2) is 6.74. The van der Waals surface area contributed by atoms with E-state index in [2.05, 4.69) is 9.71 Å². The molecule has 28 heavy (non-hydrogen) atoms. The van der Waals surface area contributed by atoms with Crippen molar-refractivity contribution in [1.29, 1.82) is 0 Å². The second-order valence-corrected chi connectivity index (χ2v) is 8.83. The SMILES string of the molecule is CCc1cc2c3c([nH]c2cc1S(=O)(=O)Nc1ccc(F)cc1C)CCCC3=O. The number of aromatic amines is 1. The number of fused-ring (bicyclic) bond motifs is 3. The zero-order valence-corrected chi connectivity index (χ0v) is 16.5. The number of anilines is 1. The van der Waals surface area contributed by atoms with E-state index in [1.165, 1.54) is 18.2 Å². The number of carbonyl (C=O) groups excluding carboxylic acids is 1.